The molecule has 0 amide bonds. The highest BCUT2D eigenvalue weighted by atomic mass is 79.9. The van der Waals surface area contributed by atoms with Gasteiger partial charge in [-0.25, -0.2) is 4.39 Å². The molecule has 1 aliphatic carbocycles. The van der Waals surface area contributed by atoms with Gasteiger partial charge in [0.1, 0.15) is 17.7 Å². The zero-order chi connectivity index (χ0) is 12.8. The van der Waals surface area contributed by atoms with Gasteiger partial charge in [0.2, 0.25) is 0 Å². The van der Waals surface area contributed by atoms with Gasteiger partial charge in [0, 0.05) is 17.9 Å². The second kappa shape index (κ2) is 4.41. The second-order valence-corrected chi connectivity index (χ2v) is 6.14. The summed E-state index contributed by atoms with van der Waals surface area (Å²) >= 11 is 8.93. The summed E-state index contributed by atoms with van der Waals surface area (Å²) in [7, 11) is 0. The van der Waals surface area contributed by atoms with E-state index in [0.717, 1.165) is 0 Å². The molecule has 0 aromatic heterocycles. The smallest absolute Gasteiger partial charge is 0.145 e. The Morgan fingerprint density at radius 3 is 2.71 bits per heavy atom. The molecule has 1 aromatic carbocycles. The van der Waals surface area contributed by atoms with Crippen LogP contribution in [-0.4, -0.2) is 17.3 Å². The molecule has 0 aliphatic heterocycles. The van der Waals surface area contributed by atoms with Crippen molar-refractivity contribution in [2.45, 2.75) is 32.5 Å². The van der Waals surface area contributed by atoms with Crippen LogP contribution < -0.4 is 4.74 Å². The average Bonchev–Trinajstić information content (AvgIpc) is 2.25. The lowest BCUT2D eigenvalue weighted by molar-refractivity contribution is -0.134. The van der Waals surface area contributed by atoms with Crippen LogP contribution in [0.1, 0.15) is 20.3 Å². The van der Waals surface area contributed by atoms with Crippen molar-refractivity contribution in [1.29, 1.82) is 0 Å². The third-order valence-electron chi connectivity index (χ3n) is 3.37. The van der Waals surface area contributed by atoms with E-state index < -0.39 is 5.82 Å². The minimum atomic E-state index is -0.512. The van der Waals surface area contributed by atoms with Gasteiger partial charge < -0.3 is 9.84 Å². The van der Waals surface area contributed by atoms with Gasteiger partial charge in [-0.3, -0.25) is 0 Å². The molecule has 0 radical (unpaired) electrons. The molecule has 0 bridgehead atoms. The number of aliphatic hydroxyl groups is 1. The van der Waals surface area contributed by atoms with Crippen LogP contribution in [0.25, 0.3) is 0 Å². The predicted molar refractivity (Wildman–Crippen MR) is 67.9 cm³/mol. The molecule has 2 nitrogen and oxygen atoms in total. The molecule has 0 saturated heterocycles. The summed E-state index contributed by atoms with van der Waals surface area (Å²) in [6.45, 7) is 3.85. The molecule has 5 heteroatoms. The molecule has 2 rings (SSSR count). The van der Waals surface area contributed by atoms with E-state index in [9.17, 15) is 9.50 Å². The summed E-state index contributed by atoms with van der Waals surface area (Å²) in [5.74, 6) is -0.0978. The number of aliphatic hydroxyl groups excluding tert-OH is 1. The van der Waals surface area contributed by atoms with E-state index in [1.807, 2.05) is 13.8 Å². The summed E-state index contributed by atoms with van der Waals surface area (Å²) in [5, 5.41) is 9.66. The summed E-state index contributed by atoms with van der Waals surface area (Å²) in [4.78, 5) is 0. The minimum absolute atomic E-state index is 0.0529. The number of hydrogen-bond acceptors (Lipinski definition) is 2. The first kappa shape index (κ1) is 13.1. The Morgan fingerprint density at radius 1 is 1.53 bits per heavy atom. The van der Waals surface area contributed by atoms with Crippen molar-refractivity contribution >= 4 is 27.5 Å². The fraction of sp³-hybridized carbons (Fsp3) is 0.500. The van der Waals surface area contributed by atoms with Gasteiger partial charge in [0.25, 0.3) is 0 Å². The first-order valence-electron chi connectivity index (χ1n) is 5.31. The Morgan fingerprint density at radius 2 is 2.18 bits per heavy atom. The van der Waals surface area contributed by atoms with Crippen LogP contribution in [0.4, 0.5) is 4.39 Å². The second-order valence-electron chi connectivity index (χ2n) is 4.88. The van der Waals surface area contributed by atoms with Crippen LogP contribution in [0.2, 0.25) is 5.02 Å². The third kappa shape index (κ3) is 2.30. The number of halogens is 3. The first-order valence-corrected chi connectivity index (χ1v) is 6.48. The maximum atomic E-state index is 13.3. The Hall–Kier alpha value is -0.320. The normalized spacial score (nSPS) is 26.5. The first-order chi connectivity index (χ1) is 7.82. The lowest BCUT2D eigenvalue weighted by atomic mass is 9.66. The molecular formula is C12H13BrClFO2. The predicted octanol–water partition coefficient (Wildman–Crippen LogP) is 3.78. The van der Waals surface area contributed by atoms with E-state index in [-0.39, 0.29) is 22.6 Å². The van der Waals surface area contributed by atoms with Gasteiger partial charge in [-0.1, -0.05) is 25.4 Å². The monoisotopic (exact) mass is 322 g/mol. The maximum Gasteiger partial charge on any atom is 0.145 e. The van der Waals surface area contributed by atoms with Crippen LogP contribution in [0.5, 0.6) is 5.75 Å². The van der Waals surface area contributed by atoms with E-state index in [2.05, 4.69) is 15.9 Å². The Labute approximate surface area is 113 Å². The third-order valence-corrected chi connectivity index (χ3v) is 4.28. The SMILES string of the molecule is CC1(C)C(O)CC1Oc1cc(F)c(Cl)cc1Br. The summed E-state index contributed by atoms with van der Waals surface area (Å²) in [6, 6.07) is 2.72. The highest BCUT2D eigenvalue weighted by molar-refractivity contribution is 9.10. The summed E-state index contributed by atoms with van der Waals surface area (Å²) in [5.41, 5.74) is -0.310. The van der Waals surface area contributed by atoms with Crippen molar-refractivity contribution in [3.8, 4) is 5.75 Å². The van der Waals surface area contributed by atoms with Crippen LogP contribution >= 0.6 is 27.5 Å². The summed E-state index contributed by atoms with van der Waals surface area (Å²) in [6.07, 6.45) is 0.0711. The highest BCUT2D eigenvalue weighted by Gasteiger charge is 2.49. The number of hydrogen-bond donors (Lipinski definition) is 1. The largest absolute Gasteiger partial charge is 0.488 e. The highest BCUT2D eigenvalue weighted by Crippen LogP contribution is 2.44. The lowest BCUT2D eigenvalue weighted by Crippen LogP contribution is -2.56. The quantitative estimate of drug-likeness (QED) is 0.839. The van der Waals surface area contributed by atoms with E-state index in [4.69, 9.17) is 16.3 Å². The number of benzene rings is 1. The van der Waals surface area contributed by atoms with Crippen molar-refractivity contribution < 1.29 is 14.2 Å². The number of ether oxygens (including phenoxy) is 1. The van der Waals surface area contributed by atoms with Crippen LogP contribution in [0, 0.1) is 11.2 Å². The summed E-state index contributed by atoms with van der Waals surface area (Å²) < 4.78 is 19.6. The van der Waals surface area contributed by atoms with Crippen LogP contribution in [-0.2, 0) is 0 Å². The van der Waals surface area contributed by atoms with Gasteiger partial charge in [-0.15, -0.1) is 0 Å². The molecular weight excluding hydrogens is 310 g/mol. The lowest BCUT2D eigenvalue weighted by Gasteiger charge is -2.48. The fourth-order valence-electron chi connectivity index (χ4n) is 1.81. The molecule has 2 atom stereocenters. The Kier molecular flexibility index (Phi) is 3.40. The van der Waals surface area contributed by atoms with E-state index in [1.54, 1.807) is 0 Å². The van der Waals surface area contributed by atoms with Gasteiger partial charge in [-0.05, 0) is 22.0 Å². The van der Waals surface area contributed by atoms with E-state index >= 15 is 0 Å². The fourth-order valence-corrected chi connectivity index (χ4v) is 2.54. The van der Waals surface area contributed by atoms with Crippen molar-refractivity contribution in [1.82, 2.24) is 0 Å². The van der Waals surface area contributed by atoms with Crippen molar-refractivity contribution in [3.63, 3.8) is 0 Å². The molecule has 1 aliphatic rings. The molecule has 17 heavy (non-hydrogen) atoms. The maximum absolute atomic E-state index is 13.3. The Balaban J connectivity index is 2.18. The zero-order valence-corrected chi connectivity index (χ0v) is 11.8. The Bertz CT molecular complexity index is 450. The van der Waals surface area contributed by atoms with Crippen LogP contribution in [0.15, 0.2) is 16.6 Å². The molecule has 1 N–H and O–H groups in total. The van der Waals surface area contributed by atoms with Gasteiger partial charge in [0.15, 0.2) is 0 Å². The molecule has 2 unspecified atom stereocenters. The van der Waals surface area contributed by atoms with Crippen molar-refractivity contribution in [3.05, 3.63) is 27.4 Å². The van der Waals surface area contributed by atoms with Crippen molar-refractivity contribution in [2.75, 3.05) is 0 Å². The van der Waals surface area contributed by atoms with Gasteiger partial charge >= 0.3 is 0 Å². The zero-order valence-electron chi connectivity index (χ0n) is 9.51. The molecule has 94 valence electrons. The average molecular weight is 324 g/mol. The van der Waals surface area contributed by atoms with Crippen molar-refractivity contribution in [2.24, 2.45) is 5.41 Å². The van der Waals surface area contributed by atoms with Gasteiger partial charge in [0.05, 0.1) is 15.6 Å². The molecule has 0 heterocycles. The van der Waals surface area contributed by atoms with E-state index in [1.165, 1.54) is 12.1 Å². The minimum Gasteiger partial charge on any atom is -0.488 e. The number of rotatable bonds is 2. The van der Waals surface area contributed by atoms with Crippen LogP contribution in [0.3, 0.4) is 0 Å². The molecule has 1 fully saturated rings. The van der Waals surface area contributed by atoms with E-state index in [0.29, 0.717) is 16.6 Å². The van der Waals surface area contributed by atoms with Gasteiger partial charge in [-0.2, -0.15) is 0 Å². The molecule has 1 saturated carbocycles. The topological polar surface area (TPSA) is 29.5 Å². The molecule has 1 aromatic rings. The molecule has 0 spiro atoms. The standard InChI is InChI=1S/C12H13BrClFO2/c1-12(2)10(16)5-11(12)17-9-4-8(15)7(14)3-6(9)13/h3-4,10-11,16H,5H2,1-2H3.